The summed E-state index contributed by atoms with van der Waals surface area (Å²) in [5.74, 6) is -21.6. The average Bonchev–Trinajstić information content (AvgIpc) is 3.96. The van der Waals surface area contributed by atoms with Gasteiger partial charge in [-0.15, -0.1) is 0 Å². The van der Waals surface area contributed by atoms with E-state index in [1.165, 1.54) is 0 Å². The van der Waals surface area contributed by atoms with Gasteiger partial charge in [-0.05, 0) is 5.76 Å². The van der Waals surface area contributed by atoms with E-state index in [1.54, 1.807) is 0 Å². The molecule has 0 saturated carbocycles. The van der Waals surface area contributed by atoms with Crippen molar-refractivity contribution in [1.29, 1.82) is 0 Å². The Morgan fingerprint density at radius 2 is 0.613 bits per heavy atom. The molecule has 31 heteroatoms. The number of ether oxygens (including phenoxy) is 9. The second-order valence-electron chi connectivity index (χ2n) is 12.4. The van der Waals surface area contributed by atoms with Gasteiger partial charge in [0.2, 0.25) is 46.1 Å². The zero-order valence-electron chi connectivity index (χ0n) is 31.1. The molecule has 0 aromatic rings. The van der Waals surface area contributed by atoms with Crippen LogP contribution in [0.1, 0.15) is 0 Å². The maximum atomic E-state index is 12.3. The molecule has 15 N–H and O–H groups in total. The topological polar surface area (TPSA) is 495 Å². The van der Waals surface area contributed by atoms with Gasteiger partial charge in [0, 0.05) is 0 Å². The van der Waals surface area contributed by atoms with E-state index in [0.29, 0.717) is 0 Å². The summed E-state index contributed by atoms with van der Waals surface area (Å²) in [6.07, 6.45) is -24.7. The summed E-state index contributed by atoms with van der Waals surface area (Å²) in [5, 5.41) is 158. The largest absolute Gasteiger partial charge is 1.00 e. The van der Waals surface area contributed by atoms with E-state index < -0.39 is 188 Å². The number of hydrogen-bond donors (Lipinski definition) is 15. The second-order valence-corrected chi connectivity index (χ2v) is 12.4. The third-order valence-electron chi connectivity index (χ3n) is 8.22. The maximum absolute atomic E-state index is 12.3. The van der Waals surface area contributed by atoms with Crippen LogP contribution in [0.4, 0.5) is 0 Å². The molecule has 5 aliphatic rings. The molecule has 62 heavy (non-hydrogen) atoms. The predicted octanol–water partition coefficient (Wildman–Crippen LogP) is -11.7. The monoisotopic (exact) mass is 910 g/mol. The number of rotatable bonds is 18. The molecule has 340 valence electrons. The Morgan fingerprint density at radius 3 is 0.806 bits per heavy atom. The van der Waals surface area contributed by atoms with Gasteiger partial charge < -0.3 is 124 Å². The van der Waals surface area contributed by atoms with Gasteiger partial charge in [-0.25, -0.2) is 24.0 Å². The van der Waals surface area contributed by atoms with Gasteiger partial charge in [0.05, 0.1) is 33.0 Å². The van der Waals surface area contributed by atoms with Crippen molar-refractivity contribution in [3.63, 3.8) is 0 Å². The molecule has 0 radical (unpaired) electrons. The normalized spacial score (nSPS) is 26.2. The fourth-order valence-corrected chi connectivity index (χ4v) is 5.13. The molecule has 5 rings (SSSR count). The second kappa shape index (κ2) is 20.7. The fraction of sp³-hybridized carbons (Fsp3) is 0.516. The molecule has 0 aromatic carbocycles. The zero-order chi connectivity index (χ0) is 45.8. The van der Waals surface area contributed by atoms with Gasteiger partial charge >= 0.3 is 65.6 Å². The van der Waals surface area contributed by atoms with E-state index in [4.69, 9.17) is 53.2 Å². The van der Waals surface area contributed by atoms with E-state index in [1.807, 2.05) is 0 Å². The van der Waals surface area contributed by atoms with Crippen molar-refractivity contribution >= 4 is 29.8 Å². The molecule has 0 unspecified atom stereocenters. The summed E-state index contributed by atoms with van der Waals surface area (Å²) in [7, 11) is 0. The number of cyclic esters (lactones) is 5. The number of aliphatic hydroxyl groups is 15. The third kappa shape index (κ3) is 10.1. The van der Waals surface area contributed by atoms with Crippen LogP contribution < -0.4 is 34.7 Å². The summed E-state index contributed by atoms with van der Waals surface area (Å²) in [4.78, 5) is 59.7. The van der Waals surface area contributed by atoms with E-state index in [0.717, 1.165) is 0 Å². The van der Waals surface area contributed by atoms with E-state index in [2.05, 4.69) is 4.74 Å². The van der Waals surface area contributed by atoms with Gasteiger partial charge in [0.1, 0.15) is 36.6 Å². The zero-order valence-corrected chi connectivity index (χ0v) is 33.1. The molecule has 5 heterocycles. The van der Waals surface area contributed by atoms with Crippen molar-refractivity contribution in [2.75, 3.05) is 33.0 Å². The number of esters is 5. The Morgan fingerprint density at radius 1 is 0.419 bits per heavy atom. The Hall–Kier alpha value is -5.35. The van der Waals surface area contributed by atoms with Gasteiger partial charge in [-0.1, -0.05) is 0 Å². The quantitative estimate of drug-likeness (QED) is 0.0263. The van der Waals surface area contributed by atoms with Crippen LogP contribution in [0.25, 0.3) is 0 Å². The molecule has 0 aromatic heterocycles. The molecule has 5 aliphatic heterocycles. The Balaban J connectivity index is 0.000000678. The smallest absolute Gasteiger partial charge is 0.870 e. The average molecular weight is 911 g/mol. The van der Waals surface area contributed by atoms with Crippen LogP contribution >= 0.6 is 0 Å². The Labute approximate surface area is 364 Å². The van der Waals surface area contributed by atoms with Crippen molar-refractivity contribution < 1.29 is 178 Å². The van der Waals surface area contributed by atoms with Crippen molar-refractivity contribution in [2.45, 2.75) is 67.2 Å². The molecule has 0 spiro atoms. The Kier molecular flexibility index (Phi) is 17.0. The number of aliphatic hydroxyl groups excluding tert-OH is 15. The van der Waals surface area contributed by atoms with Gasteiger partial charge in [-0.3, -0.25) is 0 Å². The SMILES string of the molecule is O=C1O[C@H]([C@@H](O)CO)C(OC(OC2=C(O)C(=O)O[C@@H]2[C@@H](O)CO)(OC2=C(O)C(=O)O[C@@H]2[C@@H](O)CO)OC2=C(O)C(=O)O[C@@H]2[C@@H](O)CO)=C1O.O=C1O[C@H]([C@@H](O)CO)C([O-])=C1O.[Na+]. The molecule has 0 fully saturated rings. The van der Waals surface area contributed by atoms with Crippen LogP contribution in [-0.4, -0.2) is 207 Å². The number of carbonyl (C=O) groups is 5. The summed E-state index contributed by atoms with van der Waals surface area (Å²) >= 11 is 0. The maximum Gasteiger partial charge on any atom is 1.00 e. The van der Waals surface area contributed by atoms with E-state index in [-0.39, 0.29) is 29.6 Å². The molecular weight excluding hydrogens is 875 g/mol. The number of hydrogen-bond acceptors (Lipinski definition) is 30. The van der Waals surface area contributed by atoms with E-state index in [9.17, 15) is 90.4 Å². The molecule has 0 aliphatic carbocycles. The van der Waals surface area contributed by atoms with Crippen LogP contribution in [0.2, 0.25) is 0 Å². The van der Waals surface area contributed by atoms with E-state index >= 15 is 0 Å². The first-order valence-electron chi connectivity index (χ1n) is 16.7. The van der Waals surface area contributed by atoms with Gasteiger partial charge in [0.25, 0.3) is 0 Å². The summed E-state index contributed by atoms with van der Waals surface area (Å²) in [6, 6.07) is 0. The van der Waals surface area contributed by atoms with Crippen molar-refractivity contribution in [3.05, 3.63) is 57.6 Å². The van der Waals surface area contributed by atoms with Crippen LogP contribution in [0.5, 0.6) is 0 Å². The first-order chi connectivity index (χ1) is 28.6. The predicted molar refractivity (Wildman–Crippen MR) is 170 cm³/mol. The van der Waals surface area contributed by atoms with Crippen LogP contribution in [0, 0.1) is 0 Å². The first kappa shape index (κ1) is 51.0. The minimum Gasteiger partial charge on any atom is -0.870 e. The van der Waals surface area contributed by atoms with Crippen LogP contribution in [0.15, 0.2) is 57.6 Å². The van der Waals surface area contributed by atoms with Gasteiger partial charge in [-0.2, -0.15) is 0 Å². The molecule has 0 amide bonds. The molecular formula is C31H35NaO30. The summed E-state index contributed by atoms with van der Waals surface area (Å²) < 4.78 is 44.9. The number of carbonyl (C=O) groups excluding carboxylic acids is 5. The minimum atomic E-state index is -4.09. The molecule has 0 saturated heterocycles. The summed E-state index contributed by atoms with van der Waals surface area (Å²) in [5.41, 5.74) is 0. The van der Waals surface area contributed by atoms with Crippen LogP contribution in [-0.2, 0) is 66.6 Å². The molecule has 0 bridgehead atoms. The van der Waals surface area contributed by atoms with Crippen molar-refractivity contribution in [3.8, 4) is 0 Å². The summed E-state index contributed by atoms with van der Waals surface area (Å²) in [6.45, 7) is -5.64. The minimum absolute atomic E-state index is 0. The first-order valence-corrected chi connectivity index (χ1v) is 16.7. The van der Waals surface area contributed by atoms with Crippen molar-refractivity contribution in [1.82, 2.24) is 0 Å². The molecule has 30 nitrogen and oxygen atoms in total. The molecule has 10 atom stereocenters. The van der Waals surface area contributed by atoms with Gasteiger partial charge in [0.15, 0.2) is 30.2 Å². The third-order valence-corrected chi connectivity index (χ3v) is 8.22. The fourth-order valence-electron chi connectivity index (χ4n) is 5.13. The standard InChI is InChI=1S/C25H28O24.C6H8O6.Na/c26-1-5(30)13-17(9(34)21(38)42-13)46-25(47-18-10(35)22(39)43-14(18)6(31)2-27,48-19-11(36)23(40)44-15(19)7(32)3-28)49-20-12(37)24(41)45-16(20)8(33)4-29;7-1-2(8)5-3(9)4(10)6(11)12-5;/h5-8,13-16,26-37H,1-4H2;2,5,7-10H,1H2;/q;;+1/p-1/t5-,6-,7-,8-,13+,14+,15+,16+;2-,5+;/m00./s1. The van der Waals surface area contributed by atoms with Crippen molar-refractivity contribution in [2.24, 2.45) is 0 Å². The Bertz CT molecular complexity index is 1700. The van der Waals surface area contributed by atoms with Crippen LogP contribution in [0.3, 0.4) is 0 Å².